The quantitative estimate of drug-likeness (QED) is 0.801. The van der Waals surface area contributed by atoms with Gasteiger partial charge in [-0.3, -0.25) is 14.3 Å². The number of carboxylic acid groups (broad SMARTS) is 1. The molecule has 6 nitrogen and oxygen atoms in total. The Morgan fingerprint density at radius 3 is 2.46 bits per heavy atom. The van der Waals surface area contributed by atoms with E-state index in [1.54, 1.807) is 0 Å². The van der Waals surface area contributed by atoms with Gasteiger partial charge in [0.15, 0.2) is 5.69 Å². The van der Waals surface area contributed by atoms with Crippen molar-refractivity contribution in [2.45, 2.75) is 63.6 Å². The molecule has 0 aromatic carbocycles. The fourth-order valence-electron chi connectivity index (χ4n) is 3.70. The molecule has 3 rings (SSSR count). The van der Waals surface area contributed by atoms with E-state index < -0.39 is 29.2 Å². The normalized spacial score (nSPS) is 20.0. The Labute approximate surface area is 148 Å². The van der Waals surface area contributed by atoms with Gasteiger partial charge in [0.2, 0.25) is 0 Å². The summed E-state index contributed by atoms with van der Waals surface area (Å²) in [7, 11) is 0. The predicted molar refractivity (Wildman–Crippen MR) is 85.6 cm³/mol. The predicted octanol–water partition coefficient (Wildman–Crippen LogP) is 3.39. The number of carboxylic acids is 1. The van der Waals surface area contributed by atoms with E-state index in [0.29, 0.717) is 25.7 Å². The van der Waals surface area contributed by atoms with Gasteiger partial charge in [-0.2, -0.15) is 18.3 Å². The molecule has 144 valence electrons. The number of carbonyl (C=O) groups excluding carboxylic acids is 1. The Balaban J connectivity index is 1.75. The molecule has 9 heteroatoms. The first-order chi connectivity index (χ1) is 12.2. The largest absolute Gasteiger partial charge is 0.481 e. The van der Waals surface area contributed by atoms with Crippen LogP contribution in [-0.4, -0.2) is 33.3 Å². The van der Waals surface area contributed by atoms with Crippen LogP contribution in [0.25, 0.3) is 0 Å². The lowest BCUT2D eigenvalue weighted by molar-refractivity contribution is -0.142. The maximum atomic E-state index is 12.9. The van der Waals surface area contributed by atoms with E-state index in [4.69, 9.17) is 0 Å². The van der Waals surface area contributed by atoms with Crippen molar-refractivity contribution < 1.29 is 27.9 Å². The van der Waals surface area contributed by atoms with E-state index in [1.165, 1.54) is 0 Å². The van der Waals surface area contributed by atoms with Crippen LogP contribution in [0.15, 0.2) is 6.07 Å². The second kappa shape index (κ2) is 6.92. The molecule has 0 spiro atoms. The third-order valence-electron chi connectivity index (χ3n) is 5.22. The van der Waals surface area contributed by atoms with Crippen molar-refractivity contribution in [3.8, 4) is 0 Å². The molecule has 26 heavy (non-hydrogen) atoms. The van der Waals surface area contributed by atoms with E-state index in [0.717, 1.165) is 30.0 Å². The molecule has 0 atom stereocenters. The van der Waals surface area contributed by atoms with E-state index in [2.05, 4.69) is 10.4 Å². The lowest BCUT2D eigenvalue weighted by Crippen LogP contribution is -2.41. The van der Waals surface area contributed by atoms with Crippen LogP contribution in [0.4, 0.5) is 13.2 Å². The van der Waals surface area contributed by atoms with Gasteiger partial charge in [0.05, 0.1) is 12.5 Å². The number of alkyl halides is 3. The number of hydrogen-bond donors (Lipinski definition) is 2. The first kappa shape index (κ1) is 18.7. The Morgan fingerprint density at radius 2 is 1.92 bits per heavy atom. The van der Waals surface area contributed by atoms with E-state index in [-0.39, 0.29) is 24.7 Å². The number of rotatable bonds is 6. The summed E-state index contributed by atoms with van der Waals surface area (Å²) in [5.74, 6) is -1.56. The highest BCUT2D eigenvalue weighted by molar-refractivity contribution is 5.92. The van der Waals surface area contributed by atoms with Crippen LogP contribution in [0.5, 0.6) is 0 Å². The molecule has 1 heterocycles. The molecule has 2 saturated carbocycles. The smallest absolute Gasteiger partial charge is 0.435 e. The molecule has 2 aliphatic carbocycles. The molecule has 2 aliphatic rings. The van der Waals surface area contributed by atoms with Crippen molar-refractivity contribution in [2.75, 3.05) is 6.54 Å². The number of halogens is 3. The minimum atomic E-state index is -4.61. The van der Waals surface area contributed by atoms with Gasteiger partial charge in [-0.05, 0) is 31.1 Å². The molecule has 0 unspecified atom stereocenters. The molecule has 2 N–H and O–H groups in total. The lowest BCUT2D eigenvalue weighted by Gasteiger charge is -2.36. The zero-order valence-corrected chi connectivity index (χ0v) is 14.3. The highest BCUT2D eigenvalue weighted by atomic mass is 19.4. The second-order valence-corrected chi connectivity index (χ2v) is 7.40. The van der Waals surface area contributed by atoms with Crippen molar-refractivity contribution in [1.29, 1.82) is 0 Å². The monoisotopic (exact) mass is 373 g/mol. The maximum absolute atomic E-state index is 12.9. The summed E-state index contributed by atoms with van der Waals surface area (Å²) in [6.07, 6.45) is 0.919. The summed E-state index contributed by atoms with van der Waals surface area (Å²) in [5, 5.41) is 15.4. The highest BCUT2D eigenvalue weighted by Crippen LogP contribution is 2.40. The van der Waals surface area contributed by atoms with Crippen LogP contribution in [0, 0.1) is 5.41 Å². The van der Waals surface area contributed by atoms with E-state index in [9.17, 15) is 27.9 Å². The van der Waals surface area contributed by atoms with Gasteiger partial charge >= 0.3 is 12.1 Å². The molecule has 1 aromatic rings. The molecule has 1 amide bonds. The number of hydrogen-bond acceptors (Lipinski definition) is 3. The summed E-state index contributed by atoms with van der Waals surface area (Å²) in [6.45, 7) is 0.148. The number of nitrogens with one attached hydrogen (secondary N) is 1. The van der Waals surface area contributed by atoms with Crippen LogP contribution >= 0.6 is 0 Å². The molecule has 1 aromatic heterocycles. The van der Waals surface area contributed by atoms with Gasteiger partial charge in [-0.25, -0.2) is 0 Å². The number of aromatic nitrogens is 2. The Hall–Kier alpha value is -2.06. The molecule has 0 saturated heterocycles. The van der Waals surface area contributed by atoms with Crippen LogP contribution in [0.3, 0.4) is 0 Å². The summed E-state index contributed by atoms with van der Waals surface area (Å²) in [6, 6.07) is 0.604. The zero-order valence-electron chi connectivity index (χ0n) is 14.3. The molecular formula is C17H22F3N3O3. The van der Waals surface area contributed by atoms with Crippen LogP contribution in [0.1, 0.15) is 73.6 Å². The van der Waals surface area contributed by atoms with Crippen molar-refractivity contribution in [3.05, 3.63) is 17.5 Å². The van der Waals surface area contributed by atoms with Gasteiger partial charge in [0.1, 0.15) is 5.69 Å². The first-order valence-electron chi connectivity index (χ1n) is 8.87. The Bertz CT molecular complexity index is 689. The fourth-order valence-corrected chi connectivity index (χ4v) is 3.70. The molecular weight excluding hydrogens is 351 g/mol. The molecule has 0 radical (unpaired) electrons. The lowest BCUT2D eigenvalue weighted by atomic mass is 9.71. The Morgan fingerprint density at radius 1 is 1.27 bits per heavy atom. The third-order valence-corrected chi connectivity index (χ3v) is 5.22. The van der Waals surface area contributed by atoms with E-state index in [1.807, 2.05) is 0 Å². The van der Waals surface area contributed by atoms with E-state index >= 15 is 0 Å². The van der Waals surface area contributed by atoms with Gasteiger partial charge in [-0.1, -0.05) is 19.3 Å². The third kappa shape index (κ3) is 4.19. The first-order valence-corrected chi connectivity index (χ1v) is 8.87. The standard InChI is InChI=1S/C17H22F3N3O3/c18-17(19,20)13-8-12(23(22-13)11-4-5-11)15(26)21-10-16(9-14(24)25)6-2-1-3-7-16/h8,11H,1-7,9-10H2,(H,21,26)(H,24,25). The van der Waals surface area contributed by atoms with Gasteiger partial charge in [0, 0.05) is 12.6 Å². The number of nitrogens with zero attached hydrogens (tertiary/aromatic N) is 2. The van der Waals surface area contributed by atoms with Crippen molar-refractivity contribution >= 4 is 11.9 Å². The SMILES string of the molecule is O=C(O)CC1(CNC(=O)c2cc(C(F)(F)F)nn2C2CC2)CCCCC1. The van der Waals surface area contributed by atoms with Crippen molar-refractivity contribution in [2.24, 2.45) is 5.41 Å². The number of carbonyl (C=O) groups is 2. The average Bonchev–Trinajstić information content (AvgIpc) is 3.30. The average molecular weight is 373 g/mol. The minimum Gasteiger partial charge on any atom is -0.481 e. The molecule has 0 aliphatic heterocycles. The zero-order chi connectivity index (χ0) is 18.9. The number of aliphatic carboxylic acids is 1. The van der Waals surface area contributed by atoms with Crippen LogP contribution < -0.4 is 5.32 Å². The van der Waals surface area contributed by atoms with Gasteiger partial charge in [0.25, 0.3) is 5.91 Å². The van der Waals surface area contributed by atoms with Gasteiger partial charge < -0.3 is 10.4 Å². The highest BCUT2D eigenvalue weighted by Gasteiger charge is 2.39. The molecule has 0 bridgehead atoms. The van der Waals surface area contributed by atoms with Crippen LogP contribution in [-0.2, 0) is 11.0 Å². The molecule has 2 fully saturated rings. The fraction of sp³-hybridized carbons (Fsp3) is 0.706. The summed E-state index contributed by atoms with van der Waals surface area (Å²) in [4.78, 5) is 23.7. The topological polar surface area (TPSA) is 84.2 Å². The summed E-state index contributed by atoms with van der Waals surface area (Å²) >= 11 is 0. The summed E-state index contributed by atoms with van der Waals surface area (Å²) in [5.41, 5.74) is -1.72. The minimum absolute atomic E-state index is 0.0526. The second-order valence-electron chi connectivity index (χ2n) is 7.40. The van der Waals surface area contributed by atoms with Gasteiger partial charge in [-0.15, -0.1) is 0 Å². The van der Waals surface area contributed by atoms with Crippen molar-refractivity contribution in [3.63, 3.8) is 0 Å². The van der Waals surface area contributed by atoms with Crippen molar-refractivity contribution in [1.82, 2.24) is 15.1 Å². The summed E-state index contributed by atoms with van der Waals surface area (Å²) < 4.78 is 40.0. The maximum Gasteiger partial charge on any atom is 0.435 e. The Kier molecular flexibility index (Phi) is 4.98. The number of amides is 1. The van der Waals surface area contributed by atoms with Crippen LogP contribution in [0.2, 0.25) is 0 Å².